The van der Waals surface area contributed by atoms with Crippen molar-refractivity contribution in [1.82, 2.24) is 0 Å². The van der Waals surface area contributed by atoms with E-state index in [1.807, 2.05) is 84.9 Å². The molecule has 26 heavy (non-hydrogen) atoms. The quantitative estimate of drug-likeness (QED) is 0.603. The molecule has 0 radical (unpaired) electrons. The Morgan fingerprint density at radius 2 is 1.31 bits per heavy atom. The van der Waals surface area contributed by atoms with E-state index in [1.54, 1.807) is 7.11 Å². The molecule has 0 amide bonds. The SMILES string of the molecule is COc1ccc(C(SCC(=O)[O-])(c2ccccc2)c2ccccc2)cc1. The van der Waals surface area contributed by atoms with Crippen LogP contribution in [-0.4, -0.2) is 18.8 Å². The van der Waals surface area contributed by atoms with Crippen molar-refractivity contribution in [1.29, 1.82) is 0 Å². The van der Waals surface area contributed by atoms with E-state index in [0.717, 1.165) is 22.4 Å². The van der Waals surface area contributed by atoms with Gasteiger partial charge in [0, 0.05) is 5.75 Å². The first kappa shape index (κ1) is 18.1. The number of carboxylic acid groups (broad SMARTS) is 1. The van der Waals surface area contributed by atoms with Crippen molar-refractivity contribution >= 4 is 17.7 Å². The summed E-state index contributed by atoms with van der Waals surface area (Å²) in [6.07, 6.45) is 0. The first-order valence-corrected chi connectivity index (χ1v) is 9.25. The lowest BCUT2D eigenvalue weighted by Crippen LogP contribution is -2.31. The number of ether oxygens (including phenoxy) is 1. The number of thioether (sulfide) groups is 1. The van der Waals surface area contributed by atoms with E-state index in [1.165, 1.54) is 11.8 Å². The molecule has 0 aromatic heterocycles. The van der Waals surface area contributed by atoms with E-state index in [4.69, 9.17) is 4.74 Å². The largest absolute Gasteiger partial charge is 0.549 e. The Labute approximate surface area is 157 Å². The van der Waals surface area contributed by atoms with Crippen LogP contribution in [0.2, 0.25) is 0 Å². The summed E-state index contributed by atoms with van der Waals surface area (Å²) in [6, 6.07) is 27.7. The Morgan fingerprint density at radius 3 is 1.73 bits per heavy atom. The number of carbonyl (C=O) groups is 1. The summed E-state index contributed by atoms with van der Waals surface area (Å²) >= 11 is 1.35. The van der Waals surface area contributed by atoms with Gasteiger partial charge in [-0.1, -0.05) is 72.8 Å². The summed E-state index contributed by atoms with van der Waals surface area (Å²) in [7, 11) is 1.63. The summed E-state index contributed by atoms with van der Waals surface area (Å²) in [5.74, 6) is -0.441. The average molecular weight is 363 g/mol. The number of carboxylic acids is 1. The molecule has 0 N–H and O–H groups in total. The molecule has 0 aliphatic rings. The highest BCUT2D eigenvalue weighted by atomic mass is 32.2. The second kappa shape index (κ2) is 8.11. The summed E-state index contributed by atoms with van der Waals surface area (Å²) < 4.78 is 4.62. The van der Waals surface area contributed by atoms with Gasteiger partial charge in [0.15, 0.2) is 0 Å². The normalized spacial score (nSPS) is 11.1. The van der Waals surface area contributed by atoms with Crippen LogP contribution in [0.4, 0.5) is 0 Å². The van der Waals surface area contributed by atoms with Crippen molar-refractivity contribution in [3.63, 3.8) is 0 Å². The van der Waals surface area contributed by atoms with Crippen molar-refractivity contribution in [3.05, 3.63) is 102 Å². The highest BCUT2D eigenvalue weighted by molar-refractivity contribution is 8.01. The van der Waals surface area contributed by atoms with Gasteiger partial charge in [-0.05, 0) is 28.8 Å². The molecule has 3 rings (SSSR count). The molecule has 0 fully saturated rings. The molecular formula is C22H19O3S-. The van der Waals surface area contributed by atoms with Crippen LogP contribution in [0.1, 0.15) is 16.7 Å². The van der Waals surface area contributed by atoms with Gasteiger partial charge in [-0.2, -0.15) is 0 Å². The van der Waals surface area contributed by atoms with Gasteiger partial charge < -0.3 is 14.6 Å². The van der Waals surface area contributed by atoms with Gasteiger partial charge in [0.1, 0.15) is 5.75 Å². The molecule has 0 aliphatic carbocycles. The molecule has 0 heterocycles. The second-order valence-corrected chi connectivity index (χ2v) is 6.99. The van der Waals surface area contributed by atoms with Gasteiger partial charge in [0.25, 0.3) is 0 Å². The molecule has 0 atom stereocenters. The maximum atomic E-state index is 11.3. The highest BCUT2D eigenvalue weighted by Crippen LogP contribution is 2.48. The van der Waals surface area contributed by atoms with Crippen LogP contribution in [0.5, 0.6) is 5.75 Å². The average Bonchev–Trinajstić information content (AvgIpc) is 2.70. The molecule has 0 saturated carbocycles. The Morgan fingerprint density at radius 1 is 0.846 bits per heavy atom. The topological polar surface area (TPSA) is 49.4 Å². The predicted octanol–water partition coefficient (Wildman–Crippen LogP) is 3.47. The van der Waals surface area contributed by atoms with Crippen LogP contribution in [0.3, 0.4) is 0 Å². The minimum Gasteiger partial charge on any atom is -0.549 e. The zero-order valence-corrected chi connectivity index (χ0v) is 15.2. The lowest BCUT2D eigenvalue weighted by atomic mass is 9.84. The van der Waals surface area contributed by atoms with Gasteiger partial charge in [0.05, 0.1) is 17.8 Å². The van der Waals surface area contributed by atoms with Crippen molar-refractivity contribution in [2.45, 2.75) is 4.75 Å². The molecule has 3 aromatic carbocycles. The molecule has 0 saturated heterocycles. The fraction of sp³-hybridized carbons (Fsp3) is 0.136. The zero-order valence-electron chi connectivity index (χ0n) is 14.4. The van der Waals surface area contributed by atoms with Crippen LogP contribution in [-0.2, 0) is 9.54 Å². The third-order valence-corrected chi connectivity index (χ3v) is 5.78. The molecule has 3 aromatic rings. The first-order valence-electron chi connectivity index (χ1n) is 8.26. The Kier molecular flexibility index (Phi) is 5.64. The van der Waals surface area contributed by atoms with Crippen molar-refractivity contribution in [2.24, 2.45) is 0 Å². The molecule has 0 spiro atoms. The molecule has 0 unspecified atom stereocenters. The monoisotopic (exact) mass is 363 g/mol. The minimum atomic E-state index is -1.08. The van der Waals surface area contributed by atoms with Crippen molar-refractivity contribution < 1.29 is 14.6 Å². The summed E-state index contributed by atoms with van der Waals surface area (Å²) in [5.41, 5.74) is 3.02. The number of rotatable bonds is 7. The van der Waals surface area contributed by atoms with Crippen LogP contribution in [0, 0.1) is 0 Å². The lowest BCUT2D eigenvalue weighted by molar-refractivity contribution is -0.301. The molecule has 0 aliphatic heterocycles. The summed E-state index contributed by atoms with van der Waals surface area (Å²) in [5, 5.41) is 11.3. The Hall–Kier alpha value is -2.72. The smallest absolute Gasteiger partial charge is 0.118 e. The third-order valence-electron chi connectivity index (χ3n) is 4.26. The van der Waals surface area contributed by atoms with Gasteiger partial charge >= 0.3 is 0 Å². The lowest BCUT2D eigenvalue weighted by Gasteiger charge is -2.35. The number of carbonyl (C=O) groups excluding carboxylic acids is 1. The van der Waals surface area contributed by atoms with E-state index >= 15 is 0 Å². The molecule has 3 nitrogen and oxygen atoms in total. The van der Waals surface area contributed by atoms with E-state index in [2.05, 4.69) is 0 Å². The van der Waals surface area contributed by atoms with Gasteiger partial charge in [-0.25, -0.2) is 0 Å². The standard InChI is InChI=1S/C22H20O3S/c1-25-20-14-12-19(13-15-20)22(26-16-21(23)24,17-8-4-2-5-9-17)18-10-6-3-7-11-18/h2-15H,16H2,1H3,(H,23,24)/p-1. The molecular weight excluding hydrogens is 344 g/mol. The van der Waals surface area contributed by atoms with E-state index < -0.39 is 10.7 Å². The fourth-order valence-electron chi connectivity index (χ4n) is 3.09. The van der Waals surface area contributed by atoms with Gasteiger partial charge in [-0.15, -0.1) is 11.8 Å². The third kappa shape index (κ3) is 3.60. The fourth-order valence-corrected chi connectivity index (χ4v) is 4.33. The maximum absolute atomic E-state index is 11.3. The number of hydrogen-bond donors (Lipinski definition) is 0. The number of methoxy groups -OCH3 is 1. The van der Waals surface area contributed by atoms with Crippen LogP contribution in [0.15, 0.2) is 84.9 Å². The first-order chi connectivity index (χ1) is 12.7. The highest BCUT2D eigenvalue weighted by Gasteiger charge is 2.36. The summed E-state index contributed by atoms with van der Waals surface area (Å²) in [4.78, 5) is 11.3. The molecule has 0 bridgehead atoms. The maximum Gasteiger partial charge on any atom is 0.118 e. The number of hydrogen-bond acceptors (Lipinski definition) is 4. The van der Waals surface area contributed by atoms with Gasteiger partial charge in [-0.3, -0.25) is 0 Å². The zero-order chi connectivity index (χ0) is 18.4. The van der Waals surface area contributed by atoms with Gasteiger partial charge in [0.2, 0.25) is 0 Å². The van der Waals surface area contributed by atoms with Crippen molar-refractivity contribution in [3.8, 4) is 5.75 Å². The van der Waals surface area contributed by atoms with E-state index in [-0.39, 0.29) is 5.75 Å². The van der Waals surface area contributed by atoms with Crippen LogP contribution < -0.4 is 9.84 Å². The molecule has 4 heteroatoms. The van der Waals surface area contributed by atoms with Crippen molar-refractivity contribution in [2.75, 3.05) is 12.9 Å². The van der Waals surface area contributed by atoms with Crippen LogP contribution in [0.25, 0.3) is 0 Å². The summed E-state index contributed by atoms with van der Waals surface area (Å²) in [6.45, 7) is 0. The predicted molar refractivity (Wildman–Crippen MR) is 103 cm³/mol. The minimum absolute atomic E-state index is 0.115. The van der Waals surface area contributed by atoms with Crippen LogP contribution >= 0.6 is 11.8 Å². The Bertz CT molecular complexity index is 806. The number of aliphatic carboxylic acids is 1. The van der Waals surface area contributed by atoms with E-state index in [9.17, 15) is 9.90 Å². The molecule has 132 valence electrons. The second-order valence-electron chi connectivity index (χ2n) is 5.80. The Balaban J connectivity index is 2.24. The van der Waals surface area contributed by atoms with E-state index in [0.29, 0.717) is 0 Å². The number of benzene rings is 3.